The van der Waals surface area contributed by atoms with Gasteiger partial charge in [-0.15, -0.1) is 0 Å². The molecule has 0 spiro atoms. The van der Waals surface area contributed by atoms with E-state index >= 15 is 0 Å². The first-order chi connectivity index (χ1) is 16.0. The van der Waals surface area contributed by atoms with Crippen LogP contribution in [0, 0.1) is 5.92 Å². The van der Waals surface area contributed by atoms with Crippen LogP contribution < -0.4 is 11.1 Å². The molecule has 0 bridgehead atoms. The molecule has 0 aliphatic carbocycles. The van der Waals surface area contributed by atoms with Crippen molar-refractivity contribution in [2.45, 2.75) is 37.1 Å². The lowest BCUT2D eigenvalue weighted by atomic mass is 9.96. The van der Waals surface area contributed by atoms with E-state index in [2.05, 4.69) is 41.4 Å². The molecule has 1 unspecified atom stereocenters. The van der Waals surface area contributed by atoms with E-state index in [0.717, 1.165) is 12.0 Å². The highest BCUT2D eigenvalue weighted by molar-refractivity contribution is 7.89. The van der Waals surface area contributed by atoms with Crippen LogP contribution in [0.1, 0.15) is 47.4 Å². The van der Waals surface area contributed by atoms with Crippen molar-refractivity contribution >= 4 is 21.8 Å². The molecule has 1 atom stereocenters. The summed E-state index contributed by atoms with van der Waals surface area (Å²) in [7, 11) is 1.79. The van der Waals surface area contributed by atoms with E-state index in [4.69, 9.17) is 5.73 Å². The molecule has 10 heteroatoms. The molecule has 2 amide bonds. The number of carbonyl (C=O) groups excluding carboxylic acids is 2. The fourth-order valence-corrected chi connectivity index (χ4v) is 5.88. The Morgan fingerprint density at radius 3 is 2.29 bits per heavy atom. The highest BCUT2D eigenvalue weighted by Crippen LogP contribution is 2.25. The lowest BCUT2D eigenvalue weighted by Gasteiger charge is -2.31. The number of nitrogens with one attached hydrogen (secondary N) is 1. The Labute approximate surface area is 202 Å². The van der Waals surface area contributed by atoms with Gasteiger partial charge in [0.05, 0.1) is 6.04 Å². The third-order valence-corrected chi connectivity index (χ3v) is 8.42. The van der Waals surface area contributed by atoms with Crippen molar-refractivity contribution in [1.82, 2.24) is 19.1 Å². The van der Waals surface area contributed by atoms with E-state index in [1.807, 2.05) is 14.1 Å². The highest BCUT2D eigenvalue weighted by Gasteiger charge is 2.33. The number of rotatable bonds is 9. The summed E-state index contributed by atoms with van der Waals surface area (Å²) in [6.07, 6.45) is 3.26. The smallest absolute Gasteiger partial charge is 0.265 e. The van der Waals surface area contributed by atoms with Crippen molar-refractivity contribution in [1.29, 1.82) is 0 Å². The van der Waals surface area contributed by atoms with Gasteiger partial charge < -0.3 is 20.5 Å². The molecule has 3 N–H and O–H groups in total. The third-order valence-electron chi connectivity index (χ3n) is 6.56. The van der Waals surface area contributed by atoms with E-state index in [1.165, 1.54) is 26.7 Å². The van der Waals surface area contributed by atoms with E-state index in [9.17, 15) is 18.0 Å². The van der Waals surface area contributed by atoms with Crippen molar-refractivity contribution in [3.05, 3.63) is 53.3 Å². The molecule has 1 aromatic carbocycles. The Hall–Kier alpha value is -2.69. The number of nitrogens with zero attached hydrogens (tertiary/aromatic N) is 3. The number of hydrogen-bond acceptors (Lipinski definition) is 5. The van der Waals surface area contributed by atoms with E-state index in [1.54, 1.807) is 7.05 Å². The van der Waals surface area contributed by atoms with Crippen LogP contribution in [-0.4, -0.2) is 67.7 Å². The van der Waals surface area contributed by atoms with Gasteiger partial charge in [-0.05, 0) is 50.6 Å². The quantitative estimate of drug-likeness (QED) is 0.554. The average Bonchev–Trinajstić information content (AvgIpc) is 3.22. The molecule has 34 heavy (non-hydrogen) atoms. The average molecular weight is 490 g/mol. The largest absolute Gasteiger partial charge is 0.364 e. The van der Waals surface area contributed by atoms with Crippen molar-refractivity contribution in [3.63, 3.8) is 0 Å². The lowest BCUT2D eigenvalue weighted by molar-refractivity contribution is -0.126. The van der Waals surface area contributed by atoms with Crippen molar-refractivity contribution in [2.24, 2.45) is 18.7 Å². The number of nitrogens with two attached hydrogens (primary N) is 1. The summed E-state index contributed by atoms with van der Waals surface area (Å²) in [5.74, 6) is -0.977. The van der Waals surface area contributed by atoms with Crippen LogP contribution in [0.4, 0.5) is 0 Å². The third kappa shape index (κ3) is 5.68. The molecule has 1 aromatic heterocycles. The summed E-state index contributed by atoms with van der Waals surface area (Å²) in [5, 5.41) is 3.07. The van der Waals surface area contributed by atoms with Gasteiger partial charge in [0.25, 0.3) is 5.91 Å². The minimum Gasteiger partial charge on any atom is -0.364 e. The van der Waals surface area contributed by atoms with Crippen molar-refractivity contribution in [2.75, 3.05) is 33.7 Å². The van der Waals surface area contributed by atoms with E-state index in [0.29, 0.717) is 19.4 Å². The normalized spacial score (nSPS) is 16.5. The number of piperidine rings is 1. The van der Waals surface area contributed by atoms with Crippen LogP contribution in [0.15, 0.2) is 41.4 Å². The van der Waals surface area contributed by atoms with Gasteiger partial charge in [-0.25, -0.2) is 8.42 Å². The molecule has 0 saturated carbocycles. The molecule has 1 aliphatic heterocycles. The van der Waals surface area contributed by atoms with E-state index in [-0.39, 0.29) is 41.5 Å². The molecule has 1 fully saturated rings. The molecule has 2 heterocycles. The Kier molecular flexibility index (Phi) is 8.17. The fourth-order valence-electron chi connectivity index (χ4n) is 4.34. The SMILES string of the molecule is CCc1ccc(C(CNC(=O)C2CCN(S(=O)(=O)c3cc(C(N)=O)n(C)c3)CC2)N(C)C)cc1. The highest BCUT2D eigenvalue weighted by atomic mass is 32.2. The van der Waals surface area contributed by atoms with Gasteiger partial charge in [-0.2, -0.15) is 4.31 Å². The zero-order valence-electron chi connectivity index (χ0n) is 20.3. The maximum Gasteiger partial charge on any atom is 0.265 e. The molecule has 186 valence electrons. The molecule has 3 rings (SSSR count). The second-order valence-corrected chi connectivity index (χ2v) is 11.0. The molecule has 0 radical (unpaired) electrons. The van der Waals surface area contributed by atoms with Crippen LogP contribution in [0.2, 0.25) is 0 Å². The number of carbonyl (C=O) groups is 2. The van der Waals surface area contributed by atoms with E-state index < -0.39 is 15.9 Å². The summed E-state index contributed by atoms with van der Waals surface area (Å²) in [6, 6.07) is 9.78. The van der Waals surface area contributed by atoms with Crippen molar-refractivity contribution in [3.8, 4) is 0 Å². The second-order valence-electron chi connectivity index (χ2n) is 9.03. The summed E-state index contributed by atoms with van der Waals surface area (Å²) >= 11 is 0. The van der Waals surface area contributed by atoms with Gasteiger partial charge in [0, 0.05) is 38.8 Å². The Morgan fingerprint density at radius 1 is 1.18 bits per heavy atom. The number of primary amides is 1. The number of hydrogen-bond donors (Lipinski definition) is 2. The lowest BCUT2D eigenvalue weighted by Crippen LogP contribution is -2.44. The Bertz CT molecular complexity index is 1120. The molecule has 2 aromatic rings. The minimum absolute atomic E-state index is 0.0367. The summed E-state index contributed by atoms with van der Waals surface area (Å²) in [6.45, 7) is 3.09. The van der Waals surface area contributed by atoms with Gasteiger partial charge in [0.15, 0.2) is 0 Å². The predicted molar refractivity (Wildman–Crippen MR) is 131 cm³/mol. The first kappa shape index (κ1) is 25.9. The topological polar surface area (TPSA) is 118 Å². The molecular weight excluding hydrogens is 454 g/mol. The maximum atomic E-state index is 13.0. The van der Waals surface area contributed by atoms with Gasteiger partial charge in [-0.3, -0.25) is 9.59 Å². The zero-order valence-corrected chi connectivity index (χ0v) is 21.1. The molecule has 1 saturated heterocycles. The number of sulfonamides is 1. The molecule has 1 aliphatic rings. The van der Waals surface area contributed by atoms with Gasteiger partial charge in [-0.1, -0.05) is 31.2 Å². The first-order valence-electron chi connectivity index (χ1n) is 11.5. The van der Waals surface area contributed by atoms with Gasteiger partial charge >= 0.3 is 0 Å². The van der Waals surface area contributed by atoms with Crippen LogP contribution >= 0.6 is 0 Å². The number of aromatic nitrogens is 1. The number of amides is 2. The van der Waals surface area contributed by atoms with Crippen LogP contribution in [0.3, 0.4) is 0 Å². The van der Waals surface area contributed by atoms with Gasteiger partial charge in [0.1, 0.15) is 10.6 Å². The predicted octanol–water partition coefficient (Wildman–Crippen LogP) is 1.51. The number of aryl methyl sites for hydroxylation is 2. The summed E-state index contributed by atoms with van der Waals surface area (Å²) in [4.78, 5) is 26.4. The Balaban J connectivity index is 1.58. The molecule has 9 nitrogen and oxygen atoms in total. The minimum atomic E-state index is -3.76. The summed E-state index contributed by atoms with van der Waals surface area (Å²) in [5.41, 5.74) is 7.85. The fraction of sp³-hybridized carbons (Fsp3) is 0.500. The van der Waals surface area contributed by atoms with Gasteiger partial charge in [0.2, 0.25) is 15.9 Å². The van der Waals surface area contributed by atoms with Crippen LogP contribution in [0.5, 0.6) is 0 Å². The first-order valence-corrected chi connectivity index (χ1v) is 13.0. The number of benzene rings is 1. The number of likely N-dealkylation sites (N-methyl/N-ethyl adjacent to an activating group) is 1. The zero-order chi connectivity index (χ0) is 25.0. The van der Waals surface area contributed by atoms with Crippen LogP contribution in [0.25, 0.3) is 0 Å². The molecular formula is C24H35N5O4S. The Morgan fingerprint density at radius 2 is 1.79 bits per heavy atom. The maximum absolute atomic E-state index is 13.0. The van der Waals surface area contributed by atoms with Crippen molar-refractivity contribution < 1.29 is 18.0 Å². The second kappa shape index (κ2) is 10.7. The standard InChI is InChI=1S/C24H35N5O4S/c1-5-17-6-8-18(9-7-17)22(27(2)3)15-26-24(31)19-10-12-29(13-11-19)34(32,33)20-14-21(23(25)30)28(4)16-20/h6-9,14,16,19,22H,5,10-13,15H2,1-4H3,(H2,25,30)(H,26,31). The monoisotopic (exact) mass is 489 g/mol. The summed E-state index contributed by atoms with van der Waals surface area (Å²) < 4.78 is 28.8. The van der Waals surface area contributed by atoms with Crippen LogP contribution in [-0.2, 0) is 28.3 Å².